The molecule has 0 bridgehead atoms. The summed E-state index contributed by atoms with van der Waals surface area (Å²) in [5.41, 5.74) is 2.36. The monoisotopic (exact) mass is 411 g/mol. The Labute approximate surface area is 172 Å². The van der Waals surface area contributed by atoms with Gasteiger partial charge in [0.25, 0.3) is 5.91 Å². The molecule has 0 unspecified atom stereocenters. The van der Waals surface area contributed by atoms with Gasteiger partial charge in [-0.05, 0) is 54.1 Å². The summed E-state index contributed by atoms with van der Waals surface area (Å²) in [4.78, 5) is 28.2. The Kier molecular flexibility index (Phi) is 6.42. The van der Waals surface area contributed by atoms with Crippen LogP contribution >= 0.6 is 23.2 Å². The van der Waals surface area contributed by atoms with Crippen molar-refractivity contribution >= 4 is 52.5 Å². The maximum Gasteiger partial charge on any atom is 0.255 e. The van der Waals surface area contributed by atoms with Gasteiger partial charge in [-0.3, -0.25) is 14.6 Å². The van der Waals surface area contributed by atoms with E-state index in [1.165, 1.54) is 6.08 Å². The van der Waals surface area contributed by atoms with E-state index in [4.69, 9.17) is 23.2 Å². The van der Waals surface area contributed by atoms with Crippen LogP contribution in [0.2, 0.25) is 10.0 Å². The maximum atomic E-state index is 12.2. The molecule has 0 radical (unpaired) electrons. The molecule has 2 aromatic carbocycles. The van der Waals surface area contributed by atoms with Crippen LogP contribution in [0.15, 0.2) is 73.1 Å². The number of nitrogens with zero attached hydrogens (tertiary/aromatic N) is 1. The third-order valence-electron chi connectivity index (χ3n) is 3.70. The first-order valence-electron chi connectivity index (χ1n) is 8.27. The van der Waals surface area contributed by atoms with Crippen molar-refractivity contribution in [3.8, 4) is 0 Å². The van der Waals surface area contributed by atoms with Crippen molar-refractivity contribution in [1.82, 2.24) is 4.98 Å². The first kappa shape index (κ1) is 19.6. The van der Waals surface area contributed by atoms with Crippen LogP contribution in [0.25, 0.3) is 6.08 Å². The van der Waals surface area contributed by atoms with Crippen LogP contribution in [0.4, 0.5) is 11.4 Å². The molecule has 0 fully saturated rings. The molecule has 1 aromatic heterocycles. The molecule has 2 amide bonds. The van der Waals surface area contributed by atoms with E-state index >= 15 is 0 Å². The summed E-state index contributed by atoms with van der Waals surface area (Å²) in [6.07, 6.45) is 6.12. The first-order chi connectivity index (χ1) is 13.5. The van der Waals surface area contributed by atoms with Gasteiger partial charge < -0.3 is 10.6 Å². The van der Waals surface area contributed by atoms with Crippen molar-refractivity contribution < 1.29 is 9.59 Å². The van der Waals surface area contributed by atoms with Crippen LogP contribution < -0.4 is 10.6 Å². The smallest absolute Gasteiger partial charge is 0.255 e. The highest BCUT2D eigenvalue weighted by atomic mass is 35.5. The van der Waals surface area contributed by atoms with Crippen molar-refractivity contribution in [2.24, 2.45) is 0 Å². The molecule has 0 aliphatic rings. The van der Waals surface area contributed by atoms with Gasteiger partial charge in [-0.2, -0.15) is 0 Å². The molecule has 0 aliphatic carbocycles. The average molecular weight is 412 g/mol. The summed E-state index contributed by atoms with van der Waals surface area (Å²) in [6, 6.07) is 15.2. The number of hydrogen-bond acceptors (Lipinski definition) is 3. The molecule has 2 N–H and O–H groups in total. The van der Waals surface area contributed by atoms with Crippen LogP contribution in [-0.4, -0.2) is 16.8 Å². The summed E-state index contributed by atoms with van der Waals surface area (Å²) in [5, 5.41) is 6.39. The number of amides is 2. The average Bonchev–Trinajstić information content (AvgIpc) is 2.70. The number of anilines is 2. The summed E-state index contributed by atoms with van der Waals surface area (Å²) < 4.78 is 0. The lowest BCUT2D eigenvalue weighted by Gasteiger charge is -2.08. The third-order valence-corrected chi connectivity index (χ3v) is 4.44. The van der Waals surface area contributed by atoms with Crippen LogP contribution in [0.5, 0.6) is 0 Å². The van der Waals surface area contributed by atoms with Crippen LogP contribution in [0.1, 0.15) is 15.9 Å². The van der Waals surface area contributed by atoms with E-state index in [-0.39, 0.29) is 11.8 Å². The van der Waals surface area contributed by atoms with Gasteiger partial charge in [0.05, 0.1) is 10.0 Å². The van der Waals surface area contributed by atoms with Gasteiger partial charge in [-0.1, -0.05) is 35.3 Å². The minimum Gasteiger partial charge on any atom is -0.322 e. The second kappa shape index (κ2) is 9.17. The molecule has 0 aliphatic heterocycles. The van der Waals surface area contributed by atoms with Crippen molar-refractivity contribution in [2.45, 2.75) is 0 Å². The number of rotatable bonds is 5. The molecule has 0 saturated heterocycles. The van der Waals surface area contributed by atoms with Gasteiger partial charge in [0.15, 0.2) is 0 Å². The summed E-state index contributed by atoms with van der Waals surface area (Å²) in [7, 11) is 0. The van der Waals surface area contributed by atoms with E-state index in [1.807, 2.05) is 0 Å². The Bertz CT molecular complexity index is 1040. The lowest BCUT2D eigenvalue weighted by Crippen LogP contribution is -2.12. The highest BCUT2D eigenvalue weighted by molar-refractivity contribution is 6.42. The molecule has 3 aromatic rings. The van der Waals surface area contributed by atoms with E-state index in [1.54, 1.807) is 73.1 Å². The Balaban J connectivity index is 1.63. The minimum atomic E-state index is -0.316. The quantitative estimate of drug-likeness (QED) is 0.560. The molecule has 1 heterocycles. The second-order valence-corrected chi connectivity index (χ2v) is 6.58. The summed E-state index contributed by atoms with van der Waals surface area (Å²) >= 11 is 11.8. The predicted molar refractivity (Wildman–Crippen MR) is 113 cm³/mol. The van der Waals surface area contributed by atoms with Crippen LogP contribution in [0.3, 0.4) is 0 Å². The Hall–Kier alpha value is -3.15. The third kappa shape index (κ3) is 5.42. The molecular weight excluding hydrogens is 397 g/mol. The normalized spacial score (nSPS) is 10.6. The van der Waals surface area contributed by atoms with Gasteiger partial charge in [-0.15, -0.1) is 0 Å². The molecule has 140 valence electrons. The van der Waals surface area contributed by atoms with E-state index in [9.17, 15) is 9.59 Å². The Morgan fingerprint density at radius 1 is 0.857 bits per heavy atom. The Morgan fingerprint density at radius 3 is 2.29 bits per heavy atom. The highest BCUT2D eigenvalue weighted by Gasteiger charge is 2.06. The number of carbonyl (C=O) groups is 2. The standard InChI is InChI=1S/C21H15Cl2N3O2/c22-18-6-4-14(12-19(18)23)5-7-20(27)25-16-2-1-3-17(13-16)26-21(28)15-8-10-24-11-9-15/h1-13H,(H,25,27)(H,26,28)/b7-5+. The number of nitrogens with one attached hydrogen (secondary N) is 2. The molecule has 0 saturated carbocycles. The lowest BCUT2D eigenvalue weighted by atomic mass is 10.2. The molecular formula is C21H15Cl2N3O2. The van der Waals surface area contributed by atoms with E-state index in [0.717, 1.165) is 5.56 Å². The van der Waals surface area contributed by atoms with Gasteiger partial charge in [0, 0.05) is 35.4 Å². The van der Waals surface area contributed by atoms with Gasteiger partial charge >= 0.3 is 0 Å². The number of halogens is 2. The topological polar surface area (TPSA) is 71.1 Å². The number of carbonyl (C=O) groups excluding carboxylic acids is 2. The van der Waals surface area contributed by atoms with E-state index in [0.29, 0.717) is 27.0 Å². The highest BCUT2D eigenvalue weighted by Crippen LogP contribution is 2.23. The minimum absolute atomic E-state index is 0.259. The number of hydrogen-bond donors (Lipinski definition) is 2. The molecule has 28 heavy (non-hydrogen) atoms. The number of aromatic nitrogens is 1. The van der Waals surface area contributed by atoms with Gasteiger partial charge in [0.1, 0.15) is 0 Å². The molecule has 7 heteroatoms. The zero-order chi connectivity index (χ0) is 19.9. The van der Waals surface area contributed by atoms with Crippen LogP contribution in [-0.2, 0) is 4.79 Å². The second-order valence-electron chi connectivity index (χ2n) is 5.77. The lowest BCUT2D eigenvalue weighted by molar-refractivity contribution is -0.111. The van der Waals surface area contributed by atoms with Crippen molar-refractivity contribution in [2.75, 3.05) is 10.6 Å². The Morgan fingerprint density at radius 2 is 1.57 bits per heavy atom. The van der Waals surface area contributed by atoms with Crippen LogP contribution in [0, 0.1) is 0 Å². The maximum absolute atomic E-state index is 12.2. The van der Waals surface area contributed by atoms with Gasteiger partial charge in [0.2, 0.25) is 5.91 Å². The first-order valence-corrected chi connectivity index (χ1v) is 9.02. The van der Waals surface area contributed by atoms with Crippen molar-refractivity contribution in [1.29, 1.82) is 0 Å². The van der Waals surface area contributed by atoms with E-state index in [2.05, 4.69) is 15.6 Å². The molecule has 5 nitrogen and oxygen atoms in total. The van der Waals surface area contributed by atoms with Gasteiger partial charge in [-0.25, -0.2) is 0 Å². The number of benzene rings is 2. The zero-order valence-corrected chi connectivity index (χ0v) is 16.0. The SMILES string of the molecule is O=C(/C=C/c1ccc(Cl)c(Cl)c1)Nc1cccc(NC(=O)c2ccncc2)c1. The summed E-state index contributed by atoms with van der Waals surface area (Å²) in [6.45, 7) is 0. The zero-order valence-electron chi connectivity index (χ0n) is 14.5. The molecule has 0 atom stereocenters. The molecule has 3 rings (SSSR count). The summed E-state index contributed by atoms with van der Waals surface area (Å²) in [5.74, 6) is -0.575. The fraction of sp³-hybridized carbons (Fsp3) is 0. The van der Waals surface area contributed by atoms with Crippen molar-refractivity contribution in [3.05, 3.63) is 94.2 Å². The predicted octanol–water partition coefficient (Wildman–Crippen LogP) is 5.29. The fourth-order valence-corrected chi connectivity index (χ4v) is 2.66. The van der Waals surface area contributed by atoms with E-state index < -0.39 is 0 Å². The largest absolute Gasteiger partial charge is 0.322 e. The van der Waals surface area contributed by atoms with Crippen molar-refractivity contribution in [3.63, 3.8) is 0 Å². The fourth-order valence-electron chi connectivity index (χ4n) is 2.35. The molecule has 0 spiro atoms. The number of pyridine rings is 1.